The molecule has 4 nitrogen and oxygen atoms in total. The van der Waals surface area contributed by atoms with Gasteiger partial charge in [-0.25, -0.2) is 0 Å². The van der Waals surface area contributed by atoms with Gasteiger partial charge in [0.05, 0.1) is 12.7 Å². The number of ether oxygens (including phenoxy) is 1. The molecule has 1 amide bonds. The Hall–Kier alpha value is -1.97. The molecule has 1 aromatic carbocycles. The van der Waals surface area contributed by atoms with Crippen LogP contribution in [-0.4, -0.2) is 36.6 Å². The van der Waals surface area contributed by atoms with Gasteiger partial charge in [0.1, 0.15) is 11.5 Å². The second-order valence-corrected chi connectivity index (χ2v) is 3.36. The maximum absolute atomic E-state index is 11.9. The predicted octanol–water partition coefficient (Wildman–Crippen LogP) is 1.66. The zero-order chi connectivity index (χ0) is 12.1. The quantitative estimate of drug-likeness (QED) is 0.787. The number of phenols is 1. The molecule has 0 atom stereocenters. The zero-order valence-corrected chi connectivity index (χ0v) is 9.43. The van der Waals surface area contributed by atoms with Gasteiger partial charge in [-0.15, -0.1) is 6.58 Å². The fourth-order valence-electron chi connectivity index (χ4n) is 1.30. The van der Waals surface area contributed by atoms with Gasteiger partial charge in [-0.1, -0.05) is 6.08 Å². The average molecular weight is 221 g/mol. The summed E-state index contributed by atoms with van der Waals surface area (Å²) in [6, 6.07) is 4.55. The molecule has 0 radical (unpaired) electrons. The minimum atomic E-state index is -0.267. The number of hydrogen-bond acceptors (Lipinski definition) is 3. The topological polar surface area (TPSA) is 49.8 Å². The van der Waals surface area contributed by atoms with Gasteiger partial charge in [-0.2, -0.15) is 0 Å². The number of nitrogens with zero attached hydrogens (tertiary/aromatic N) is 1. The lowest BCUT2D eigenvalue weighted by molar-refractivity contribution is 0.0807. The second-order valence-electron chi connectivity index (χ2n) is 3.36. The molecule has 0 saturated carbocycles. The highest BCUT2D eigenvalue weighted by Gasteiger charge is 2.15. The van der Waals surface area contributed by atoms with Crippen LogP contribution in [0.15, 0.2) is 30.9 Å². The Labute approximate surface area is 94.8 Å². The van der Waals surface area contributed by atoms with Crippen molar-refractivity contribution in [3.05, 3.63) is 36.4 Å². The van der Waals surface area contributed by atoms with Crippen molar-refractivity contribution in [1.82, 2.24) is 4.90 Å². The summed E-state index contributed by atoms with van der Waals surface area (Å²) in [6.07, 6.45) is 1.62. The second kappa shape index (κ2) is 5.21. The Morgan fingerprint density at radius 3 is 2.88 bits per heavy atom. The van der Waals surface area contributed by atoms with Gasteiger partial charge < -0.3 is 14.7 Å². The van der Waals surface area contributed by atoms with Crippen LogP contribution < -0.4 is 4.74 Å². The van der Waals surface area contributed by atoms with Crippen molar-refractivity contribution in [3.63, 3.8) is 0 Å². The van der Waals surface area contributed by atoms with Crippen LogP contribution in [0.5, 0.6) is 11.5 Å². The number of aromatic hydroxyl groups is 1. The fourth-order valence-corrected chi connectivity index (χ4v) is 1.30. The van der Waals surface area contributed by atoms with E-state index in [0.717, 1.165) is 0 Å². The Kier molecular flexibility index (Phi) is 3.94. The Morgan fingerprint density at radius 2 is 2.31 bits per heavy atom. The number of carbonyl (C=O) groups excluding carboxylic acids is 1. The van der Waals surface area contributed by atoms with Crippen LogP contribution in [0.2, 0.25) is 0 Å². The molecular formula is C12H15NO3. The summed E-state index contributed by atoms with van der Waals surface area (Å²) in [5.41, 5.74) is 0.226. The molecule has 0 unspecified atom stereocenters. The van der Waals surface area contributed by atoms with Crippen molar-refractivity contribution in [1.29, 1.82) is 0 Å². The number of rotatable bonds is 4. The SMILES string of the molecule is C=CCN(C)C(=O)c1cc(OC)ccc1O. The smallest absolute Gasteiger partial charge is 0.257 e. The third kappa shape index (κ3) is 2.53. The zero-order valence-electron chi connectivity index (χ0n) is 9.43. The highest BCUT2D eigenvalue weighted by Crippen LogP contribution is 2.23. The van der Waals surface area contributed by atoms with Crippen LogP contribution in [-0.2, 0) is 0 Å². The number of methoxy groups -OCH3 is 1. The Morgan fingerprint density at radius 1 is 1.62 bits per heavy atom. The molecule has 0 heterocycles. The van der Waals surface area contributed by atoms with Gasteiger partial charge >= 0.3 is 0 Å². The van der Waals surface area contributed by atoms with Gasteiger partial charge in [-0.3, -0.25) is 4.79 Å². The Bertz CT molecular complexity index is 401. The maximum Gasteiger partial charge on any atom is 0.257 e. The molecule has 0 bridgehead atoms. The number of hydrogen-bond donors (Lipinski definition) is 1. The van der Waals surface area contributed by atoms with Crippen LogP contribution in [0.3, 0.4) is 0 Å². The largest absolute Gasteiger partial charge is 0.507 e. The normalized spacial score (nSPS) is 9.62. The van der Waals surface area contributed by atoms with E-state index in [0.29, 0.717) is 12.3 Å². The first kappa shape index (κ1) is 12.1. The van der Waals surface area contributed by atoms with Crippen molar-refractivity contribution in [2.75, 3.05) is 20.7 Å². The minimum absolute atomic E-state index is 0.0540. The van der Waals surface area contributed by atoms with E-state index in [2.05, 4.69) is 6.58 Å². The van der Waals surface area contributed by atoms with Crippen molar-refractivity contribution >= 4 is 5.91 Å². The van der Waals surface area contributed by atoms with E-state index in [9.17, 15) is 9.90 Å². The molecule has 1 aromatic rings. The minimum Gasteiger partial charge on any atom is -0.507 e. The molecule has 0 aliphatic carbocycles. The van der Waals surface area contributed by atoms with Crippen LogP contribution in [0, 0.1) is 0 Å². The molecule has 1 N–H and O–H groups in total. The number of likely N-dealkylation sites (N-methyl/N-ethyl adjacent to an activating group) is 1. The van der Waals surface area contributed by atoms with Gasteiger partial charge in [-0.05, 0) is 18.2 Å². The van der Waals surface area contributed by atoms with Crippen LogP contribution in [0.25, 0.3) is 0 Å². The van der Waals surface area contributed by atoms with Crippen molar-refractivity contribution < 1.29 is 14.6 Å². The molecule has 0 aliphatic rings. The van der Waals surface area contributed by atoms with E-state index in [1.165, 1.54) is 24.1 Å². The molecule has 0 saturated heterocycles. The van der Waals surface area contributed by atoms with Gasteiger partial charge in [0, 0.05) is 13.6 Å². The summed E-state index contributed by atoms with van der Waals surface area (Å²) in [4.78, 5) is 13.3. The first-order chi connectivity index (χ1) is 7.60. The predicted molar refractivity (Wildman–Crippen MR) is 61.8 cm³/mol. The molecule has 0 spiro atoms. The molecule has 1 rings (SSSR count). The molecule has 0 aromatic heterocycles. The summed E-state index contributed by atoms with van der Waals surface area (Å²) < 4.78 is 5.00. The monoisotopic (exact) mass is 221 g/mol. The molecule has 86 valence electrons. The van der Waals surface area contributed by atoms with Gasteiger partial charge in [0.15, 0.2) is 0 Å². The standard InChI is InChI=1S/C12H15NO3/c1-4-7-13(2)12(15)10-8-9(16-3)5-6-11(10)14/h4-6,8,14H,1,7H2,2-3H3. The van der Waals surface area contributed by atoms with E-state index >= 15 is 0 Å². The highest BCUT2D eigenvalue weighted by molar-refractivity contribution is 5.97. The number of phenolic OH excluding ortho intramolecular Hbond substituents is 1. The van der Waals surface area contributed by atoms with E-state index < -0.39 is 0 Å². The Balaban J connectivity index is 3.02. The maximum atomic E-state index is 11.9. The van der Waals surface area contributed by atoms with E-state index in [1.807, 2.05) is 0 Å². The van der Waals surface area contributed by atoms with Crippen molar-refractivity contribution in [3.8, 4) is 11.5 Å². The third-order valence-corrected chi connectivity index (χ3v) is 2.18. The van der Waals surface area contributed by atoms with E-state index in [1.54, 1.807) is 19.2 Å². The molecule has 4 heteroatoms. The lowest BCUT2D eigenvalue weighted by Gasteiger charge is -2.16. The van der Waals surface area contributed by atoms with Crippen molar-refractivity contribution in [2.45, 2.75) is 0 Å². The van der Waals surface area contributed by atoms with Crippen molar-refractivity contribution in [2.24, 2.45) is 0 Å². The fraction of sp³-hybridized carbons (Fsp3) is 0.250. The number of carbonyl (C=O) groups is 1. The summed E-state index contributed by atoms with van der Waals surface area (Å²) in [5, 5.41) is 9.59. The first-order valence-corrected chi connectivity index (χ1v) is 4.83. The number of amides is 1. The molecule has 0 aliphatic heterocycles. The summed E-state index contributed by atoms with van der Waals surface area (Å²) in [5.74, 6) is 0.214. The average Bonchev–Trinajstić information content (AvgIpc) is 2.29. The van der Waals surface area contributed by atoms with Gasteiger partial charge in [0.2, 0.25) is 0 Å². The first-order valence-electron chi connectivity index (χ1n) is 4.83. The van der Waals surface area contributed by atoms with E-state index in [-0.39, 0.29) is 17.2 Å². The summed E-state index contributed by atoms with van der Waals surface area (Å²) in [6.45, 7) is 3.98. The lowest BCUT2D eigenvalue weighted by Crippen LogP contribution is -2.26. The molecule has 16 heavy (non-hydrogen) atoms. The summed E-state index contributed by atoms with van der Waals surface area (Å²) in [7, 11) is 3.15. The molecule has 0 fully saturated rings. The van der Waals surface area contributed by atoms with Gasteiger partial charge in [0.25, 0.3) is 5.91 Å². The van der Waals surface area contributed by atoms with E-state index in [4.69, 9.17) is 4.74 Å². The molecular weight excluding hydrogens is 206 g/mol. The van der Waals surface area contributed by atoms with Crippen LogP contribution in [0.4, 0.5) is 0 Å². The highest BCUT2D eigenvalue weighted by atomic mass is 16.5. The number of benzene rings is 1. The summed E-state index contributed by atoms with van der Waals surface area (Å²) >= 11 is 0. The van der Waals surface area contributed by atoms with Crippen LogP contribution in [0.1, 0.15) is 10.4 Å². The third-order valence-electron chi connectivity index (χ3n) is 2.18. The lowest BCUT2D eigenvalue weighted by atomic mass is 10.1. The van der Waals surface area contributed by atoms with Crippen LogP contribution >= 0.6 is 0 Å².